The predicted molar refractivity (Wildman–Crippen MR) is 96.3 cm³/mol. The van der Waals surface area contributed by atoms with E-state index in [4.69, 9.17) is 9.47 Å². The van der Waals surface area contributed by atoms with Gasteiger partial charge < -0.3 is 19.3 Å². The van der Waals surface area contributed by atoms with Gasteiger partial charge in [0.15, 0.2) is 0 Å². The number of nitrogens with zero attached hydrogens (tertiary/aromatic N) is 1. The first-order valence-electron chi connectivity index (χ1n) is 8.59. The molecule has 0 atom stereocenters. The van der Waals surface area contributed by atoms with Crippen LogP contribution in [0.5, 0.6) is 11.5 Å². The highest BCUT2D eigenvalue weighted by molar-refractivity contribution is 5.95. The lowest BCUT2D eigenvalue weighted by Gasteiger charge is -2.32. The van der Waals surface area contributed by atoms with Crippen LogP contribution in [-0.4, -0.2) is 51.2 Å². The molecule has 5 nitrogen and oxygen atoms in total. The summed E-state index contributed by atoms with van der Waals surface area (Å²) in [6, 6.07) is 15.8. The zero-order valence-corrected chi connectivity index (χ0v) is 14.8. The molecule has 1 aliphatic heterocycles. The minimum atomic E-state index is 0.0379. The molecule has 5 heteroatoms. The van der Waals surface area contributed by atoms with Gasteiger partial charge in [0.25, 0.3) is 5.91 Å². The molecule has 0 radical (unpaired) electrons. The van der Waals surface area contributed by atoms with E-state index in [1.165, 1.54) is 10.5 Å². The Kier molecular flexibility index (Phi) is 5.56. The molecule has 1 heterocycles. The van der Waals surface area contributed by atoms with Crippen molar-refractivity contribution in [3.63, 3.8) is 0 Å². The number of nitrogens with one attached hydrogen (secondary N) is 1. The van der Waals surface area contributed by atoms with Gasteiger partial charge in [0.1, 0.15) is 18.0 Å². The quantitative estimate of drug-likeness (QED) is 0.890. The smallest absolute Gasteiger partial charge is 0.254 e. The number of ether oxygens (including phenoxy) is 2. The molecule has 1 amide bonds. The molecule has 25 heavy (non-hydrogen) atoms. The maximum atomic E-state index is 12.8. The highest BCUT2D eigenvalue weighted by Gasteiger charge is 2.25. The zero-order valence-electron chi connectivity index (χ0n) is 14.8. The molecule has 0 unspecified atom stereocenters. The second-order valence-electron chi connectivity index (χ2n) is 6.31. The number of hydrogen-bond acceptors (Lipinski definition) is 3. The van der Waals surface area contributed by atoms with Gasteiger partial charge in [-0.25, -0.2) is 0 Å². The summed E-state index contributed by atoms with van der Waals surface area (Å²) >= 11 is 0. The van der Waals surface area contributed by atoms with Crippen LogP contribution in [0.25, 0.3) is 0 Å². The van der Waals surface area contributed by atoms with Crippen LogP contribution in [0.15, 0.2) is 48.5 Å². The topological polar surface area (TPSA) is 43.2 Å². The van der Waals surface area contributed by atoms with Crippen LogP contribution in [0.2, 0.25) is 0 Å². The summed E-state index contributed by atoms with van der Waals surface area (Å²) in [6.45, 7) is 4.46. The highest BCUT2D eigenvalue weighted by atomic mass is 16.5. The van der Waals surface area contributed by atoms with E-state index in [0.29, 0.717) is 17.1 Å². The van der Waals surface area contributed by atoms with Crippen LogP contribution in [0.1, 0.15) is 15.9 Å². The SMILES string of the molecule is COc1cc(OC)cc(C(=O)N2CC[NH+](Cc3ccccc3)CC2)c1. The fraction of sp³-hybridized carbons (Fsp3) is 0.350. The van der Waals surface area contributed by atoms with Crippen LogP contribution in [-0.2, 0) is 6.54 Å². The molecule has 2 aromatic rings. The van der Waals surface area contributed by atoms with Crippen molar-refractivity contribution in [1.82, 2.24) is 4.90 Å². The predicted octanol–water partition coefficient (Wildman–Crippen LogP) is 1.24. The standard InChI is InChI=1S/C20H24N2O3/c1-24-18-12-17(13-19(14-18)25-2)20(23)22-10-8-21(9-11-22)15-16-6-4-3-5-7-16/h3-7,12-14H,8-11,15H2,1-2H3/p+1. The summed E-state index contributed by atoms with van der Waals surface area (Å²) in [5, 5.41) is 0. The van der Waals surface area contributed by atoms with Crippen LogP contribution in [0.4, 0.5) is 0 Å². The van der Waals surface area contributed by atoms with Gasteiger partial charge >= 0.3 is 0 Å². The number of amides is 1. The highest BCUT2D eigenvalue weighted by Crippen LogP contribution is 2.23. The lowest BCUT2D eigenvalue weighted by atomic mass is 10.1. The van der Waals surface area contributed by atoms with Crippen molar-refractivity contribution in [2.24, 2.45) is 0 Å². The van der Waals surface area contributed by atoms with E-state index in [1.807, 2.05) is 11.0 Å². The molecular formula is C20H25N2O3+. The molecule has 132 valence electrons. The van der Waals surface area contributed by atoms with Crippen molar-refractivity contribution in [2.75, 3.05) is 40.4 Å². The van der Waals surface area contributed by atoms with E-state index < -0.39 is 0 Å². The molecule has 0 saturated carbocycles. The molecular weight excluding hydrogens is 316 g/mol. The van der Waals surface area contributed by atoms with Crippen molar-refractivity contribution in [2.45, 2.75) is 6.54 Å². The lowest BCUT2D eigenvalue weighted by Crippen LogP contribution is -3.13. The summed E-state index contributed by atoms with van der Waals surface area (Å²) in [6.07, 6.45) is 0. The summed E-state index contributed by atoms with van der Waals surface area (Å²) in [5.41, 5.74) is 1.96. The van der Waals surface area contributed by atoms with Crippen LogP contribution in [0, 0.1) is 0 Å². The van der Waals surface area contributed by atoms with Gasteiger partial charge in [-0.2, -0.15) is 0 Å². The van der Waals surface area contributed by atoms with E-state index >= 15 is 0 Å². The van der Waals surface area contributed by atoms with Gasteiger partial charge in [-0.05, 0) is 12.1 Å². The Hall–Kier alpha value is -2.53. The third-order valence-corrected chi connectivity index (χ3v) is 4.65. The van der Waals surface area contributed by atoms with Crippen molar-refractivity contribution >= 4 is 5.91 Å². The number of benzene rings is 2. The number of rotatable bonds is 5. The van der Waals surface area contributed by atoms with Crippen molar-refractivity contribution in [3.8, 4) is 11.5 Å². The number of carbonyl (C=O) groups is 1. The number of carbonyl (C=O) groups excluding carboxylic acids is 1. The first kappa shape index (κ1) is 17.3. The van der Waals surface area contributed by atoms with E-state index in [9.17, 15) is 4.79 Å². The van der Waals surface area contributed by atoms with E-state index in [-0.39, 0.29) is 5.91 Å². The fourth-order valence-electron chi connectivity index (χ4n) is 3.20. The fourth-order valence-corrected chi connectivity index (χ4v) is 3.20. The average Bonchev–Trinajstić information content (AvgIpc) is 2.68. The Morgan fingerprint density at radius 1 is 1.00 bits per heavy atom. The Bertz CT molecular complexity index is 688. The Morgan fingerprint density at radius 3 is 2.16 bits per heavy atom. The van der Waals surface area contributed by atoms with Gasteiger partial charge in [0.05, 0.1) is 40.4 Å². The minimum Gasteiger partial charge on any atom is -0.497 e. The first-order chi connectivity index (χ1) is 12.2. The van der Waals surface area contributed by atoms with Crippen molar-refractivity contribution in [3.05, 3.63) is 59.7 Å². The van der Waals surface area contributed by atoms with Gasteiger partial charge in [-0.1, -0.05) is 30.3 Å². The van der Waals surface area contributed by atoms with Gasteiger partial charge in [0, 0.05) is 17.2 Å². The van der Waals surface area contributed by atoms with E-state index in [1.54, 1.807) is 32.4 Å². The molecule has 0 bridgehead atoms. The maximum absolute atomic E-state index is 12.8. The number of piperazine rings is 1. The first-order valence-corrected chi connectivity index (χ1v) is 8.59. The Morgan fingerprint density at radius 2 is 1.60 bits per heavy atom. The summed E-state index contributed by atoms with van der Waals surface area (Å²) in [7, 11) is 3.18. The number of hydrogen-bond donors (Lipinski definition) is 1. The lowest BCUT2D eigenvalue weighted by molar-refractivity contribution is -0.917. The molecule has 1 aliphatic rings. The monoisotopic (exact) mass is 341 g/mol. The van der Waals surface area contributed by atoms with Crippen LogP contribution >= 0.6 is 0 Å². The zero-order chi connectivity index (χ0) is 17.6. The normalized spacial score (nSPS) is 15.0. The number of methoxy groups -OCH3 is 2. The average molecular weight is 341 g/mol. The molecule has 3 rings (SSSR count). The summed E-state index contributed by atoms with van der Waals surface area (Å²) in [5.74, 6) is 1.31. The Balaban J connectivity index is 1.62. The third-order valence-electron chi connectivity index (χ3n) is 4.65. The molecule has 1 fully saturated rings. The van der Waals surface area contributed by atoms with Gasteiger partial charge in [-0.15, -0.1) is 0 Å². The molecule has 0 spiro atoms. The van der Waals surface area contributed by atoms with Gasteiger partial charge in [-0.3, -0.25) is 4.79 Å². The van der Waals surface area contributed by atoms with E-state index in [0.717, 1.165) is 32.7 Å². The number of quaternary nitrogens is 1. The van der Waals surface area contributed by atoms with Gasteiger partial charge in [0.2, 0.25) is 0 Å². The molecule has 1 N–H and O–H groups in total. The van der Waals surface area contributed by atoms with Crippen molar-refractivity contribution < 1.29 is 19.2 Å². The third kappa shape index (κ3) is 4.31. The summed E-state index contributed by atoms with van der Waals surface area (Å²) < 4.78 is 10.5. The van der Waals surface area contributed by atoms with E-state index in [2.05, 4.69) is 24.3 Å². The largest absolute Gasteiger partial charge is 0.497 e. The second kappa shape index (κ2) is 8.03. The molecule has 0 aliphatic carbocycles. The molecule has 1 saturated heterocycles. The van der Waals surface area contributed by atoms with Crippen LogP contribution < -0.4 is 14.4 Å². The van der Waals surface area contributed by atoms with Crippen LogP contribution in [0.3, 0.4) is 0 Å². The minimum absolute atomic E-state index is 0.0379. The Labute approximate surface area is 148 Å². The molecule has 2 aromatic carbocycles. The maximum Gasteiger partial charge on any atom is 0.254 e. The summed E-state index contributed by atoms with van der Waals surface area (Å²) in [4.78, 5) is 16.2. The second-order valence-corrected chi connectivity index (χ2v) is 6.31. The molecule has 0 aromatic heterocycles. The van der Waals surface area contributed by atoms with Crippen molar-refractivity contribution in [1.29, 1.82) is 0 Å².